The largest absolute Gasteiger partial charge is 0.467 e. The summed E-state index contributed by atoms with van der Waals surface area (Å²) in [6.45, 7) is -0.216. The van der Waals surface area contributed by atoms with Crippen LogP contribution in [0.2, 0.25) is 0 Å². The molecule has 9 heteroatoms. The molecule has 0 aromatic heterocycles. The van der Waals surface area contributed by atoms with E-state index in [0.29, 0.717) is 0 Å². The lowest BCUT2D eigenvalue weighted by Gasteiger charge is -2.19. The Bertz CT molecular complexity index is 921. The first-order chi connectivity index (χ1) is 14.9. The fraction of sp³-hybridized carbons (Fsp3) is 0.364. The zero-order valence-corrected chi connectivity index (χ0v) is 17.9. The molecule has 31 heavy (non-hydrogen) atoms. The Morgan fingerprint density at radius 1 is 1.10 bits per heavy atom. The molecule has 0 fully saturated rings. The molecule has 0 heterocycles. The lowest BCUT2D eigenvalue weighted by atomic mass is 9.98. The summed E-state index contributed by atoms with van der Waals surface area (Å²) in [6.07, 6.45) is -0.339. The molecular formula is C22H24N2O6S. The van der Waals surface area contributed by atoms with Crippen LogP contribution in [0.3, 0.4) is 0 Å². The van der Waals surface area contributed by atoms with Gasteiger partial charge in [-0.1, -0.05) is 48.5 Å². The molecule has 2 aromatic rings. The third-order valence-electron chi connectivity index (χ3n) is 5.27. The van der Waals surface area contributed by atoms with Gasteiger partial charge in [0, 0.05) is 10.8 Å². The van der Waals surface area contributed by atoms with Crippen LogP contribution >= 0.6 is 12.6 Å². The van der Waals surface area contributed by atoms with Crippen LogP contribution in [-0.2, 0) is 14.3 Å². The minimum Gasteiger partial charge on any atom is -0.467 e. The van der Waals surface area contributed by atoms with Crippen molar-refractivity contribution in [2.75, 3.05) is 20.3 Å². The minimum atomic E-state index is -0.970. The lowest BCUT2D eigenvalue weighted by Crippen LogP contribution is -2.42. The monoisotopic (exact) mass is 444 g/mol. The van der Waals surface area contributed by atoms with Crippen LogP contribution in [0.1, 0.15) is 29.9 Å². The molecule has 0 saturated heterocycles. The number of amides is 1. The van der Waals surface area contributed by atoms with E-state index in [1.165, 1.54) is 7.11 Å². The minimum absolute atomic E-state index is 0.100. The molecule has 3 rings (SSSR count). The van der Waals surface area contributed by atoms with Crippen LogP contribution in [0, 0.1) is 10.1 Å². The second-order valence-corrected chi connectivity index (χ2v) is 8.02. The van der Waals surface area contributed by atoms with E-state index in [2.05, 4.69) is 17.9 Å². The zero-order chi connectivity index (χ0) is 22.4. The van der Waals surface area contributed by atoms with Crippen LogP contribution in [0.25, 0.3) is 11.1 Å². The average molecular weight is 445 g/mol. The van der Waals surface area contributed by atoms with E-state index in [1.807, 2.05) is 48.5 Å². The van der Waals surface area contributed by atoms with E-state index in [-0.39, 0.29) is 31.9 Å². The van der Waals surface area contributed by atoms with Crippen molar-refractivity contribution in [3.63, 3.8) is 0 Å². The molecule has 0 saturated carbocycles. The number of rotatable bonds is 9. The molecule has 1 aliphatic carbocycles. The van der Waals surface area contributed by atoms with E-state index in [4.69, 9.17) is 9.47 Å². The van der Waals surface area contributed by atoms with Gasteiger partial charge in [0.15, 0.2) is 0 Å². The number of fused-ring (bicyclic) bond motifs is 3. The average Bonchev–Trinajstić information content (AvgIpc) is 3.08. The predicted octanol–water partition coefficient (Wildman–Crippen LogP) is 3.42. The maximum absolute atomic E-state index is 12.4. The number of thiol groups is 1. The van der Waals surface area contributed by atoms with Crippen molar-refractivity contribution in [2.24, 2.45) is 0 Å². The highest BCUT2D eigenvalue weighted by Crippen LogP contribution is 2.44. The number of carbonyl (C=O) groups is 2. The number of alkyl carbamates (subject to hydrolysis) is 1. The van der Waals surface area contributed by atoms with Crippen molar-refractivity contribution in [1.82, 2.24) is 5.32 Å². The molecule has 1 N–H and O–H groups in total. The highest BCUT2D eigenvalue weighted by Gasteiger charge is 2.30. The van der Waals surface area contributed by atoms with E-state index in [0.717, 1.165) is 22.3 Å². The van der Waals surface area contributed by atoms with Crippen molar-refractivity contribution in [3.8, 4) is 11.1 Å². The third-order valence-corrected chi connectivity index (χ3v) is 5.69. The molecule has 0 bridgehead atoms. The van der Waals surface area contributed by atoms with Gasteiger partial charge in [0.1, 0.15) is 12.6 Å². The number of nitro groups is 1. The van der Waals surface area contributed by atoms with Crippen LogP contribution in [0.5, 0.6) is 0 Å². The summed E-state index contributed by atoms with van der Waals surface area (Å²) in [5, 5.41) is 12.6. The summed E-state index contributed by atoms with van der Waals surface area (Å²) in [7, 11) is 1.21. The van der Waals surface area contributed by atoms with E-state index >= 15 is 0 Å². The van der Waals surface area contributed by atoms with E-state index < -0.39 is 28.3 Å². The van der Waals surface area contributed by atoms with Gasteiger partial charge in [-0.05, 0) is 35.1 Å². The van der Waals surface area contributed by atoms with E-state index in [1.54, 1.807) is 0 Å². The Balaban J connectivity index is 1.61. The van der Waals surface area contributed by atoms with Gasteiger partial charge in [-0.25, -0.2) is 9.59 Å². The number of hydrogen-bond acceptors (Lipinski definition) is 7. The van der Waals surface area contributed by atoms with Crippen molar-refractivity contribution < 1.29 is 24.0 Å². The van der Waals surface area contributed by atoms with Gasteiger partial charge < -0.3 is 14.8 Å². The molecule has 1 amide bonds. The van der Waals surface area contributed by atoms with Gasteiger partial charge in [0.25, 0.3) is 0 Å². The maximum atomic E-state index is 12.4. The van der Waals surface area contributed by atoms with Gasteiger partial charge in [-0.3, -0.25) is 10.1 Å². The fourth-order valence-electron chi connectivity index (χ4n) is 3.80. The van der Waals surface area contributed by atoms with Gasteiger partial charge in [0.05, 0.1) is 12.4 Å². The number of nitrogens with zero attached hydrogens (tertiary/aromatic N) is 1. The van der Waals surface area contributed by atoms with Crippen LogP contribution in [0.4, 0.5) is 4.79 Å². The topological polar surface area (TPSA) is 108 Å². The normalized spacial score (nSPS) is 14.1. The summed E-state index contributed by atoms with van der Waals surface area (Å²) in [4.78, 5) is 34.5. The fourth-order valence-corrected chi connectivity index (χ4v) is 4.08. The Morgan fingerprint density at radius 2 is 1.68 bits per heavy atom. The summed E-state index contributed by atoms with van der Waals surface area (Å²) < 4.78 is 10.2. The van der Waals surface area contributed by atoms with Gasteiger partial charge >= 0.3 is 12.1 Å². The smallest absolute Gasteiger partial charge is 0.407 e. The number of carbonyl (C=O) groups excluding carboxylic acids is 2. The molecule has 8 nitrogen and oxygen atoms in total. The van der Waals surface area contributed by atoms with Gasteiger partial charge in [-0.2, -0.15) is 12.6 Å². The Hall–Kier alpha value is -3.07. The Labute approximate surface area is 185 Å². The summed E-state index contributed by atoms with van der Waals surface area (Å²) in [5.41, 5.74) is 4.40. The number of nitrogens with one attached hydrogen (secondary N) is 1. The standard InChI is InChI=1S/C22H24N2O6S/c1-29-21(25)20(11-10-14(31)12-24(27)28)23-22(26)30-13-19-17-8-4-2-6-15(17)16-7-3-5-9-18(16)19/h2-9,14,19-20,31H,10-13H2,1H3,(H,23,26)/t14?,20-/m0/s1. The second-order valence-electron chi connectivity index (χ2n) is 7.29. The number of ether oxygens (including phenoxy) is 2. The van der Waals surface area contributed by atoms with Crippen molar-refractivity contribution in [3.05, 3.63) is 69.8 Å². The molecule has 0 spiro atoms. The van der Waals surface area contributed by atoms with Crippen molar-refractivity contribution in [2.45, 2.75) is 30.1 Å². The Kier molecular flexibility index (Phi) is 7.51. The molecule has 164 valence electrons. The molecule has 2 aromatic carbocycles. The van der Waals surface area contributed by atoms with Crippen LogP contribution < -0.4 is 5.32 Å². The number of hydrogen-bond donors (Lipinski definition) is 2. The number of esters is 1. The molecule has 2 atom stereocenters. The third kappa shape index (κ3) is 5.55. The van der Waals surface area contributed by atoms with Crippen molar-refractivity contribution in [1.29, 1.82) is 0 Å². The highest BCUT2D eigenvalue weighted by molar-refractivity contribution is 7.81. The molecule has 0 aliphatic heterocycles. The first-order valence-corrected chi connectivity index (χ1v) is 10.4. The lowest BCUT2D eigenvalue weighted by molar-refractivity contribution is -0.479. The zero-order valence-electron chi connectivity index (χ0n) is 17.0. The van der Waals surface area contributed by atoms with Crippen molar-refractivity contribution >= 4 is 24.7 Å². The summed E-state index contributed by atoms with van der Waals surface area (Å²) in [6, 6.07) is 15.0. The molecule has 1 unspecified atom stereocenters. The van der Waals surface area contributed by atoms with Crippen LogP contribution in [-0.4, -0.2) is 48.5 Å². The quantitative estimate of drug-likeness (QED) is 0.266. The molecular weight excluding hydrogens is 420 g/mol. The van der Waals surface area contributed by atoms with Gasteiger partial charge in [-0.15, -0.1) is 0 Å². The Morgan fingerprint density at radius 3 is 2.23 bits per heavy atom. The number of benzene rings is 2. The predicted molar refractivity (Wildman–Crippen MR) is 118 cm³/mol. The number of methoxy groups -OCH3 is 1. The summed E-state index contributed by atoms with van der Waals surface area (Å²) >= 11 is 4.15. The maximum Gasteiger partial charge on any atom is 0.407 e. The molecule has 0 radical (unpaired) electrons. The SMILES string of the molecule is COC(=O)[C@H](CCC(S)C[N+](=O)[O-])NC(=O)OCC1c2ccccc2-c2ccccc21. The summed E-state index contributed by atoms with van der Waals surface area (Å²) in [5.74, 6) is -0.744. The second kappa shape index (κ2) is 10.3. The van der Waals surface area contributed by atoms with E-state index in [9.17, 15) is 19.7 Å². The first kappa shape index (κ1) is 22.6. The van der Waals surface area contributed by atoms with Gasteiger partial charge in [0.2, 0.25) is 6.54 Å². The highest BCUT2D eigenvalue weighted by atomic mass is 32.1. The van der Waals surface area contributed by atoms with Crippen LogP contribution in [0.15, 0.2) is 48.5 Å². The molecule has 1 aliphatic rings. The first-order valence-electron chi connectivity index (χ1n) is 9.90.